The zero-order valence-electron chi connectivity index (χ0n) is 11.6. The lowest BCUT2D eigenvalue weighted by Gasteiger charge is -2.16. The van der Waals surface area contributed by atoms with E-state index in [4.69, 9.17) is 16.0 Å². The molecule has 2 aromatic carbocycles. The molecule has 1 N–H and O–H groups in total. The second-order valence-corrected chi connectivity index (χ2v) is 5.26. The molecule has 0 aliphatic rings. The van der Waals surface area contributed by atoms with Crippen LogP contribution in [0.1, 0.15) is 24.3 Å². The Morgan fingerprint density at radius 1 is 1.19 bits per heavy atom. The van der Waals surface area contributed by atoms with Gasteiger partial charge in [-0.1, -0.05) is 42.8 Å². The Balaban J connectivity index is 2.05. The summed E-state index contributed by atoms with van der Waals surface area (Å²) in [6.45, 7) is 2.78. The minimum atomic E-state index is -0.416. The Kier molecular flexibility index (Phi) is 3.95. The Bertz CT molecular complexity index is 735. The van der Waals surface area contributed by atoms with Gasteiger partial charge in [0, 0.05) is 5.39 Å². The molecule has 0 bridgehead atoms. The largest absolute Gasteiger partial charge is 0.459 e. The average molecular weight is 304 g/mol. The van der Waals surface area contributed by atoms with Gasteiger partial charge >= 0.3 is 0 Å². The lowest BCUT2D eigenvalue weighted by molar-refractivity contribution is 0.476. The fourth-order valence-corrected chi connectivity index (χ4v) is 2.61. The van der Waals surface area contributed by atoms with Gasteiger partial charge < -0.3 is 9.73 Å². The molecule has 0 aliphatic carbocycles. The van der Waals surface area contributed by atoms with E-state index in [-0.39, 0.29) is 11.1 Å². The van der Waals surface area contributed by atoms with E-state index in [0.717, 1.165) is 28.8 Å². The molecule has 3 aromatic rings. The number of halogens is 2. The normalized spacial score (nSPS) is 12.7. The highest BCUT2D eigenvalue weighted by atomic mass is 35.5. The SMILES string of the molecule is CCNC(c1ccc(F)c(Cl)c1)c1cc2ccccc2o1. The summed E-state index contributed by atoms with van der Waals surface area (Å²) >= 11 is 5.89. The highest BCUT2D eigenvalue weighted by Crippen LogP contribution is 2.30. The van der Waals surface area contributed by atoms with Crippen molar-refractivity contribution in [1.82, 2.24) is 5.32 Å². The van der Waals surface area contributed by atoms with E-state index in [1.54, 1.807) is 12.1 Å². The molecule has 0 saturated heterocycles. The molecule has 0 amide bonds. The van der Waals surface area contributed by atoms with Crippen molar-refractivity contribution in [3.63, 3.8) is 0 Å². The molecule has 1 atom stereocenters. The lowest BCUT2D eigenvalue weighted by Crippen LogP contribution is -2.21. The molecule has 3 rings (SSSR count). The average Bonchev–Trinajstić information content (AvgIpc) is 2.91. The van der Waals surface area contributed by atoms with Crippen molar-refractivity contribution in [2.75, 3.05) is 6.54 Å². The first-order chi connectivity index (χ1) is 10.2. The molecular weight excluding hydrogens is 289 g/mol. The Morgan fingerprint density at radius 3 is 2.71 bits per heavy atom. The Labute approximate surface area is 127 Å². The molecule has 21 heavy (non-hydrogen) atoms. The van der Waals surface area contributed by atoms with E-state index in [9.17, 15) is 4.39 Å². The third kappa shape index (κ3) is 2.80. The monoisotopic (exact) mass is 303 g/mol. The highest BCUT2D eigenvalue weighted by molar-refractivity contribution is 6.30. The minimum absolute atomic E-state index is 0.117. The summed E-state index contributed by atoms with van der Waals surface area (Å²) in [6, 6.07) is 14.4. The van der Waals surface area contributed by atoms with Crippen LogP contribution >= 0.6 is 11.6 Å². The molecule has 1 heterocycles. The van der Waals surface area contributed by atoms with E-state index in [1.165, 1.54) is 6.07 Å². The van der Waals surface area contributed by atoms with Gasteiger partial charge in [-0.2, -0.15) is 0 Å². The van der Waals surface area contributed by atoms with Crippen LogP contribution in [0.25, 0.3) is 11.0 Å². The summed E-state index contributed by atoms with van der Waals surface area (Å²) in [6.07, 6.45) is 0. The number of nitrogens with one attached hydrogen (secondary N) is 1. The number of furan rings is 1. The summed E-state index contributed by atoms with van der Waals surface area (Å²) in [7, 11) is 0. The first-order valence-corrected chi connectivity index (χ1v) is 7.23. The van der Waals surface area contributed by atoms with Crippen molar-refractivity contribution in [3.8, 4) is 0 Å². The molecule has 1 unspecified atom stereocenters. The van der Waals surface area contributed by atoms with Crippen molar-refractivity contribution in [3.05, 3.63) is 70.7 Å². The Morgan fingerprint density at radius 2 is 2.00 bits per heavy atom. The van der Waals surface area contributed by atoms with Gasteiger partial charge in [0.1, 0.15) is 17.2 Å². The fraction of sp³-hybridized carbons (Fsp3) is 0.176. The molecule has 1 aromatic heterocycles. The quantitative estimate of drug-likeness (QED) is 0.739. The molecule has 0 saturated carbocycles. The van der Waals surface area contributed by atoms with E-state index >= 15 is 0 Å². The summed E-state index contributed by atoms with van der Waals surface area (Å²) < 4.78 is 19.2. The highest BCUT2D eigenvalue weighted by Gasteiger charge is 2.18. The molecule has 2 nitrogen and oxygen atoms in total. The van der Waals surface area contributed by atoms with Crippen molar-refractivity contribution in [2.45, 2.75) is 13.0 Å². The predicted octanol–water partition coefficient (Wildman–Crippen LogP) is 4.92. The molecule has 0 spiro atoms. The predicted molar refractivity (Wildman–Crippen MR) is 83.1 cm³/mol. The smallest absolute Gasteiger partial charge is 0.141 e. The number of benzene rings is 2. The number of para-hydroxylation sites is 1. The van der Waals surface area contributed by atoms with Crippen molar-refractivity contribution >= 4 is 22.6 Å². The van der Waals surface area contributed by atoms with Crippen LogP contribution in [-0.4, -0.2) is 6.54 Å². The van der Waals surface area contributed by atoms with E-state index in [1.807, 2.05) is 37.3 Å². The number of hydrogen-bond donors (Lipinski definition) is 1. The van der Waals surface area contributed by atoms with E-state index in [0.29, 0.717) is 0 Å². The standard InChI is InChI=1S/C17H15ClFNO/c1-2-20-17(12-7-8-14(19)13(18)9-12)16-10-11-5-3-4-6-15(11)21-16/h3-10,17,20H,2H2,1H3. The molecule has 0 fully saturated rings. The maximum Gasteiger partial charge on any atom is 0.141 e. The zero-order valence-corrected chi connectivity index (χ0v) is 12.3. The van der Waals surface area contributed by atoms with Crippen LogP contribution in [0.4, 0.5) is 4.39 Å². The van der Waals surface area contributed by atoms with Crippen LogP contribution in [0.3, 0.4) is 0 Å². The number of fused-ring (bicyclic) bond motifs is 1. The van der Waals surface area contributed by atoms with Gasteiger partial charge in [-0.25, -0.2) is 4.39 Å². The minimum Gasteiger partial charge on any atom is -0.459 e. The van der Waals surface area contributed by atoms with E-state index in [2.05, 4.69) is 5.32 Å². The lowest BCUT2D eigenvalue weighted by atomic mass is 10.0. The van der Waals surface area contributed by atoms with Crippen LogP contribution in [0.2, 0.25) is 5.02 Å². The Hall–Kier alpha value is -1.84. The molecule has 0 aliphatic heterocycles. The first kappa shape index (κ1) is 14.1. The fourth-order valence-electron chi connectivity index (χ4n) is 2.42. The number of rotatable bonds is 4. The van der Waals surface area contributed by atoms with Gasteiger partial charge in [-0.05, 0) is 36.4 Å². The van der Waals surface area contributed by atoms with Gasteiger partial charge in [-0.3, -0.25) is 0 Å². The summed E-state index contributed by atoms with van der Waals surface area (Å²) in [5.41, 5.74) is 1.71. The van der Waals surface area contributed by atoms with Gasteiger partial charge in [-0.15, -0.1) is 0 Å². The van der Waals surface area contributed by atoms with Crippen molar-refractivity contribution < 1.29 is 8.81 Å². The molecule has 108 valence electrons. The van der Waals surface area contributed by atoms with Crippen LogP contribution in [0.15, 0.2) is 52.9 Å². The maximum atomic E-state index is 13.3. The molecule has 4 heteroatoms. The van der Waals surface area contributed by atoms with Gasteiger partial charge in [0.05, 0.1) is 11.1 Å². The van der Waals surface area contributed by atoms with Crippen LogP contribution in [-0.2, 0) is 0 Å². The second-order valence-electron chi connectivity index (χ2n) is 4.85. The first-order valence-electron chi connectivity index (χ1n) is 6.86. The third-order valence-electron chi connectivity index (χ3n) is 3.41. The molecule has 0 radical (unpaired) electrons. The zero-order chi connectivity index (χ0) is 14.8. The van der Waals surface area contributed by atoms with Gasteiger partial charge in [0.2, 0.25) is 0 Å². The molecular formula is C17H15ClFNO. The van der Waals surface area contributed by atoms with Crippen molar-refractivity contribution in [2.24, 2.45) is 0 Å². The topological polar surface area (TPSA) is 25.2 Å². The van der Waals surface area contributed by atoms with E-state index < -0.39 is 5.82 Å². The van der Waals surface area contributed by atoms with Crippen LogP contribution in [0, 0.1) is 5.82 Å². The van der Waals surface area contributed by atoms with Crippen LogP contribution < -0.4 is 5.32 Å². The summed E-state index contributed by atoms with van der Waals surface area (Å²) in [5.74, 6) is 0.376. The second kappa shape index (κ2) is 5.88. The van der Waals surface area contributed by atoms with Gasteiger partial charge in [0.15, 0.2) is 0 Å². The third-order valence-corrected chi connectivity index (χ3v) is 3.70. The van der Waals surface area contributed by atoms with Gasteiger partial charge in [0.25, 0.3) is 0 Å². The van der Waals surface area contributed by atoms with Crippen LogP contribution in [0.5, 0.6) is 0 Å². The van der Waals surface area contributed by atoms with Crippen molar-refractivity contribution in [1.29, 1.82) is 0 Å². The summed E-state index contributed by atoms with van der Waals surface area (Å²) in [5, 5.41) is 4.51. The maximum absolute atomic E-state index is 13.3. The number of hydrogen-bond acceptors (Lipinski definition) is 2. The summed E-state index contributed by atoms with van der Waals surface area (Å²) in [4.78, 5) is 0.